The molecule has 196 valence electrons. The number of carboxylic acids is 1. The van der Waals surface area contributed by atoms with Crippen molar-refractivity contribution >= 4 is 43.1 Å². The number of sulfone groups is 1. The molecule has 0 radical (unpaired) electrons. The minimum absolute atomic E-state index is 0.0226. The Balaban J connectivity index is 1.53. The van der Waals surface area contributed by atoms with Crippen LogP contribution in [0.15, 0.2) is 80.0 Å². The predicted octanol–water partition coefficient (Wildman–Crippen LogP) is 2.69. The molecule has 3 aromatic rings. The quantitative estimate of drug-likeness (QED) is 0.406. The minimum Gasteiger partial charge on any atom is -0.480 e. The summed E-state index contributed by atoms with van der Waals surface area (Å²) < 4.78 is 66.3. The van der Waals surface area contributed by atoms with Crippen LogP contribution in [-0.4, -0.2) is 56.8 Å². The molecule has 0 saturated carbocycles. The van der Waals surface area contributed by atoms with Crippen molar-refractivity contribution < 1.29 is 35.9 Å². The number of thiophene rings is 1. The van der Waals surface area contributed by atoms with Gasteiger partial charge in [0.15, 0.2) is 0 Å². The lowest BCUT2D eigenvalue weighted by Gasteiger charge is -2.24. The van der Waals surface area contributed by atoms with Crippen LogP contribution in [0.1, 0.15) is 18.4 Å². The van der Waals surface area contributed by atoms with E-state index in [0.717, 1.165) is 4.31 Å². The molecule has 1 aromatic heterocycles. The highest BCUT2D eigenvalue weighted by Gasteiger charge is 2.41. The maximum atomic E-state index is 13.4. The number of carbonyl (C=O) groups is 2. The summed E-state index contributed by atoms with van der Waals surface area (Å²) in [7, 11) is -8.16. The molecule has 2 N–H and O–H groups in total. The molecule has 0 spiro atoms. The zero-order valence-electron chi connectivity index (χ0n) is 19.3. The van der Waals surface area contributed by atoms with Crippen LogP contribution in [0, 0.1) is 5.82 Å². The molecule has 37 heavy (non-hydrogen) atoms. The van der Waals surface area contributed by atoms with Crippen molar-refractivity contribution in [1.29, 1.82) is 0 Å². The smallest absolute Gasteiger partial charge is 0.326 e. The molecule has 2 heterocycles. The molecule has 13 heteroatoms. The first-order valence-electron chi connectivity index (χ1n) is 11.2. The number of rotatable bonds is 9. The topological polar surface area (TPSA) is 138 Å². The van der Waals surface area contributed by atoms with Crippen molar-refractivity contribution in [3.8, 4) is 0 Å². The number of aliphatic carboxylic acids is 1. The van der Waals surface area contributed by atoms with Gasteiger partial charge in [-0.15, -0.1) is 11.3 Å². The van der Waals surface area contributed by atoms with Crippen LogP contribution in [0.25, 0.3) is 0 Å². The highest BCUT2D eigenvalue weighted by molar-refractivity contribution is 7.95. The molecule has 1 saturated heterocycles. The standard InChI is InChI=1S/C24H23FN2O7S3/c25-17-10-8-16(9-11-17)15-19(24(29)30)26-23(28)20-7-4-14-27(20)37(33,34)22-13-12-21(35-22)36(31,32)18-5-2-1-3-6-18/h1-3,5-6,8-13,19-20H,4,7,14-15H2,(H,26,28)(H,29,30)/t19-,20-/m0/s1. The van der Waals surface area contributed by atoms with E-state index in [1.807, 2.05) is 0 Å². The Labute approximate surface area is 217 Å². The predicted molar refractivity (Wildman–Crippen MR) is 133 cm³/mol. The molecule has 0 bridgehead atoms. The Kier molecular flexibility index (Phi) is 7.78. The van der Waals surface area contributed by atoms with Crippen molar-refractivity contribution in [2.24, 2.45) is 0 Å². The van der Waals surface area contributed by atoms with Crippen LogP contribution < -0.4 is 5.32 Å². The second-order valence-electron chi connectivity index (χ2n) is 8.39. The third kappa shape index (κ3) is 5.74. The fraction of sp³-hybridized carbons (Fsp3) is 0.250. The van der Waals surface area contributed by atoms with Crippen molar-refractivity contribution in [3.05, 3.63) is 78.1 Å². The van der Waals surface area contributed by atoms with Gasteiger partial charge in [-0.05, 0) is 54.8 Å². The number of amides is 1. The van der Waals surface area contributed by atoms with E-state index in [-0.39, 0.29) is 32.7 Å². The molecule has 4 rings (SSSR count). The van der Waals surface area contributed by atoms with Crippen LogP contribution in [0.2, 0.25) is 0 Å². The summed E-state index contributed by atoms with van der Waals surface area (Å²) in [6.07, 6.45) is 0.425. The number of nitrogens with zero attached hydrogens (tertiary/aromatic N) is 1. The van der Waals surface area contributed by atoms with Gasteiger partial charge in [-0.25, -0.2) is 26.0 Å². The van der Waals surface area contributed by atoms with Gasteiger partial charge in [-0.1, -0.05) is 30.3 Å². The molecule has 1 aliphatic rings. The molecule has 2 aromatic carbocycles. The highest BCUT2D eigenvalue weighted by Crippen LogP contribution is 2.34. The number of nitrogens with one attached hydrogen (secondary N) is 1. The van der Waals surface area contributed by atoms with Gasteiger partial charge in [-0.2, -0.15) is 4.31 Å². The molecule has 0 unspecified atom stereocenters. The average Bonchev–Trinajstić information content (AvgIpc) is 3.57. The Bertz CT molecular complexity index is 1510. The Hall–Kier alpha value is -3.13. The number of sulfonamides is 1. The van der Waals surface area contributed by atoms with E-state index >= 15 is 0 Å². The second kappa shape index (κ2) is 10.7. The third-order valence-electron chi connectivity index (χ3n) is 5.91. The number of hydrogen-bond donors (Lipinski definition) is 2. The van der Waals surface area contributed by atoms with Crippen LogP contribution in [0.4, 0.5) is 4.39 Å². The molecule has 9 nitrogen and oxygen atoms in total. The number of benzene rings is 2. The molecule has 1 amide bonds. The summed E-state index contributed by atoms with van der Waals surface area (Å²) in [5.41, 5.74) is 0.482. The maximum Gasteiger partial charge on any atom is 0.326 e. The van der Waals surface area contributed by atoms with Crippen molar-refractivity contribution in [2.45, 2.75) is 44.7 Å². The van der Waals surface area contributed by atoms with Crippen LogP contribution in [0.5, 0.6) is 0 Å². The average molecular weight is 567 g/mol. The van der Waals surface area contributed by atoms with E-state index in [1.54, 1.807) is 18.2 Å². The fourth-order valence-electron chi connectivity index (χ4n) is 4.03. The van der Waals surface area contributed by atoms with Gasteiger partial charge in [0.2, 0.25) is 15.7 Å². The SMILES string of the molecule is O=C(O)[C@H](Cc1ccc(F)cc1)NC(=O)[C@@H]1CCCN1S(=O)(=O)c1ccc(S(=O)(=O)c2ccccc2)s1. The lowest BCUT2D eigenvalue weighted by atomic mass is 10.1. The molecular formula is C24H23FN2O7S3. The normalized spacial score (nSPS) is 17.4. The monoisotopic (exact) mass is 566 g/mol. The van der Waals surface area contributed by atoms with Crippen molar-refractivity contribution in [1.82, 2.24) is 9.62 Å². The first-order chi connectivity index (χ1) is 17.5. The van der Waals surface area contributed by atoms with Gasteiger partial charge in [0.1, 0.15) is 26.3 Å². The van der Waals surface area contributed by atoms with Crippen LogP contribution in [-0.2, 0) is 35.9 Å². The fourth-order valence-corrected chi connectivity index (χ4v) is 9.01. The third-order valence-corrected chi connectivity index (χ3v) is 11.6. The molecular weight excluding hydrogens is 543 g/mol. The van der Waals surface area contributed by atoms with Crippen molar-refractivity contribution in [3.63, 3.8) is 0 Å². The molecule has 0 aliphatic carbocycles. The van der Waals surface area contributed by atoms with E-state index in [0.29, 0.717) is 23.3 Å². The van der Waals surface area contributed by atoms with Crippen LogP contribution in [0.3, 0.4) is 0 Å². The van der Waals surface area contributed by atoms with E-state index < -0.39 is 49.6 Å². The Morgan fingerprint density at radius 3 is 2.30 bits per heavy atom. The zero-order chi connectivity index (χ0) is 26.8. The Morgan fingerprint density at radius 2 is 1.65 bits per heavy atom. The van der Waals surface area contributed by atoms with E-state index in [9.17, 15) is 35.9 Å². The molecule has 1 fully saturated rings. The van der Waals surface area contributed by atoms with Gasteiger partial charge in [0.25, 0.3) is 10.0 Å². The van der Waals surface area contributed by atoms with E-state index in [2.05, 4.69) is 5.32 Å². The minimum atomic E-state index is -4.24. The molecule has 1 aliphatic heterocycles. The summed E-state index contributed by atoms with van der Waals surface area (Å²) in [5, 5.41) is 12.0. The number of halogens is 1. The first kappa shape index (κ1) is 26.9. The lowest BCUT2D eigenvalue weighted by molar-refractivity contribution is -0.142. The van der Waals surface area contributed by atoms with Gasteiger partial charge < -0.3 is 10.4 Å². The molecule has 2 atom stereocenters. The number of carbonyl (C=O) groups excluding carboxylic acids is 1. The maximum absolute atomic E-state index is 13.4. The summed E-state index contributed by atoms with van der Waals surface area (Å²) in [6, 6.07) is 12.7. The highest BCUT2D eigenvalue weighted by atomic mass is 32.3. The largest absolute Gasteiger partial charge is 0.480 e. The van der Waals surface area contributed by atoms with E-state index in [1.165, 1.54) is 48.5 Å². The van der Waals surface area contributed by atoms with Gasteiger partial charge >= 0.3 is 5.97 Å². The second-order valence-corrected chi connectivity index (χ2v) is 13.8. The van der Waals surface area contributed by atoms with E-state index in [4.69, 9.17) is 0 Å². The number of hydrogen-bond acceptors (Lipinski definition) is 7. The van der Waals surface area contributed by atoms with Gasteiger partial charge in [0, 0.05) is 13.0 Å². The Morgan fingerprint density at radius 1 is 1.00 bits per heavy atom. The first-order valence-corrected chi connectivity index (χ1v) is 14.9. The summed E-state index contributed by atoms with van der Waals surface area (Å²) >= 11 is 0.590. The zero-order valence-corrected chi connectivity index (χ0v) is 21.7. The van der Waals surface area contributed by atoms with Gasteiger partial charge in [0.05, 0.1) is 4.90 Å². The van der Waals surface area contributed by atoms with Crippen molar-refractivity contribution in [2.75, 3.05) is 6.54 Å². The summed E-state index contributed by atoms with van der Waals surface area (Å²) in [4.78, 5) is 24.8. The summed E-state index contributed by atoms with van der Waals surface area (Å²) in [5.74, 6) is -2.58. The van der Waals surface area contributed by atoms with Crippen LogP contribution >= 0.6 is 11.3 Å². The van der Waals surface area contributed by atoms with Gasteiger partial charge in [-0.3, -0.25) is 4.79 Å². The summed E-state index contributed by atoms with van der Waals surface area (Å²) in [6.45, 7) is 0.0226. The lowest BCUT2D eigenvalue weighted by Crippen LogP contribution is -2.51. The number of carboxylic acid groups (broad SMARTS) is 1.